The van der Waals surface area contributed by atoms with Crippen molar-refractivity contribution in [3.05, 3.63) is 0 Å². The average molecular weight is 243 g/mol. The summed E-state index contributed by atoms with van der Waals surface area (Å²) in [4.78, 5) is 14.0. The normalized spacial score (nSPS) is 12.6. The summed E-state index contributed by atoms with van der Waals surface area (Å²) >= 11 is 0. The Morgan fingerprint density at radius 1 is 1.06 bits per heavy atom. The molecule has 0 aliphatic carbocycles. The second kappa shape index (κ2) is 7.00. The molecule has 17 heavy (non-hydrogen) atoms. The highest BCUT2D eigenvalue weighted by molar-refractivity contribution is 5.72. The van der Waals surface area contributed by atoms with Gasteiger partial charge in [-0.25, -0.2) is 0 Å². The van der Waals surface area contributed by atoms with Gasteiger partial charge in [0.1, 0.15) is 5.60 Å². The van der Waals surface area contributed by atoms with Gasteiger partial charge in [0.25, 0.3) is 0 Å². The van der Waals surface area contributed by atoms with Crippen molar-refractivity contribution in [3.63, 3.8) is 0 Å². The standard InChI is InChI=1S/C14H29NO2/c1-11(2)8-15(9-12(3)4)10-13(16)17-14(5,6)7/h11-12H,8-10H2,1-7H3. The molecule has 0 saturated carbocycles. The first-order chi connectivity index (χ1) is 7.60. The lowest BCUT2D eigenvalue weighted by molar-refractivity contribution is -0.156. The lowest BCUT2D eigenvalue weighted by Crippen LogP contribution is -2.38. The molecule has 0 bridgehead atoms. The van der Waals surface area contributed by atoms with Crippen molar-refractivity contribution in [1.82, 2.24) is 4.90 Å². The van der Waals surface area contributed by atoms with Crippen LogP contribution >= 0.6 is 0 Å². The Labute approximate surface area is 107 Å². The van der Waals surface area contributed by atoms with Gasteiger partial charge < -0.3 is 4.74 Å². The van der Waals surface area contributed by atoms with Crippen molar-refractivity contribution in [1.29, 1.82) is 0 Å². The zero-order valence-electron chi connectivity index (χ0n) is 12.5. The quantitative estimate of drug-likeness (QED) is 0.672. The van der Waals surface area contributed by atoms with Crippen molar-refractivity contribution in [2.45, 2.75) is 54.1 Å². The zero-order chi connectivity index (χ0) is 13.6. The van der Waals surface area contributed by atoms with Gasteiger partial charge in [0.2, 0.25) is 0 Å². The topological polar surface area (TPSA) is 29.5 Å². The number of carbonyl (C=O) groups is 1. The third-order valence-electron chi connectivity index (χ3n) is 2.02. The van der Waals surface area contributed by atoms with E-state index in [0.717, 1.165) is 13.1 Å². The van der Waals surface area contributed by atoms with Crippen molar-refractivity contribution < 1.29 is 9.53 Å². The number of hydrogen-bond donors (Lipinski definition) is 0. The second-order valence-corrected chi connectivity index (χ2v) is 6.57. The molecular formula is C14H29NO2. The van der Waals surface area contributed by atoms with Gasteiger partial charge in [0.05, 0.1) is 6.54 Å². The van der Waals surface area contributed by atoms with Gasteiger partial charge in [0.15, 0.2) is 0 Å². The molecule has 0 aromatic carbocycles. The van der Waals surface area contributed by atoms with Gasteiger partial charge in [0, 0.05) is 13.1 Å². The monoisotopic (exact) mass is 243 g/mol. The number of nitrogens with zero attached hydrogens (tertiary/aromatic N) is 1. The molecule has 0 aliphatic rings. The van der Waals surface area contributed by atoms with Crippen LogP contribution in [0.15, 0.2) is 0 Å². The molecule has 0 aromatic heterocycles. The SMILES string of the molecule is CC(C)CN(CC(=O)OC(C)(C)C)CC(C)C. The second-order valence-electron chi connectivity index (χ2n) is 6.57. The number of carbonyl (C=O) groups excluding carboxylic acids is 1. The van der Waals surface area contributed by atoms with Gasteiger partial charge in [-0.05, 0) is 32.6 Å². The molecule has 0 radical (unpaired) electrons. The van der Waals surface area contributed by atoms with Crippen molar-refractivity contribution in [2.75, 3.05) is 19.6 Å². The molecule has 3 nitrogen and oxygen atoms in total. The molecule has 0 heterocycles. The smallest absolute Gasteiger partial charge is 0.320 e. The van der Waals surface area contributed by atoms with Crippen LogP contribution in [0, 0.1) is 11.8 Å². The summed E-state index contributed by atoms with van der Waals surface area (Å²) < 4.78 is 5.35. The molecule has 0 aliphatic heterocycles. The number of ether oxygens (including phenoxy) is 1. The Morgan fingerprint density at radius 2 is 1.47 bits per heavy atom. The molecule has 0 aromatic rings. The molecule has 0 rings (SSSR count). The van der Waals surface area contributed by atoms with Crippen molar-refractivity contribution in [2.24, 2.45) is 11.8 Å². The van der Waals surface area contributed by atoms with Crippen LogP contribution in [0.1, 0.15) is 48.5 Å². The summed E-state index contributed by atoms with van der Waals surface area (Å²) in [6.07, 6.45) is 0. The fourth-order valence-corrected chi connectivity index (χ4v) is 1.79. The lowest BCUT2D eigenvalue weighted by Gasteiger charge is -2.27. The Kier molecular flexibility index (Phi) is 6.76. The lowest BCUT2D eigenvalue weighted by atomic mass is 10.1. The first-order valence-electron chi connectivity index (χ1n) is 6.54. The Hall–Kier alpha value is -0.570. The molecule has 0 spiro atoms. The third kappa shape index (κ3) is 10.3. The molecule has 0 unspecified atom stereocenters. The van der Waals surface area contributed by atoms with Crippen LogP contribution in [0.3, 0.4) is 0 Å². The molecule has 3 heteroatoms. The van der Waals surface area contributed by atoms with E-state index in [1.54, 1.807) is 0 Å². The molecule has 102 valence electrons. The van der Waals surface area contributed by atoms with Crippen LogP contribution in [0.5, 0.6) is 0 Å². The van der Waals surface area contributed by atoms with Gasteiger partial charge in [-0.1, -0.05) is 27.7 Å². The maximum Gasteiger partial charge on any atom is 0.320 e. The summed E-state index contributed by atoms with van der Waals surface area (Å²) in [5.41, 5.74) is -0.390. The summed E-state index contributed by atoms with van der Waals surface area (Å²) in [6, 6.07) is 0. The first-order valence-corrected chi connectivity index (χ1v) is 6.54. The molecular weight excluding hydrogens is 214 g/mol. The predicted molar refractivity (Wildman–Crippen MR) is 72.0 cm³/mol. The van der Waals surface area contributed by atoms with Crippen LogP contribution in [-0.4, -0.2) is 36.1 Å². The van der Waals surface area contributed by atoms with E-state index in [1.807, 2.05) is 20.8 Å². The van der Waals surface area contributed by atoms with Crippen molar-refractivity contribution >= 4 is 5.97 Å². The number of hydrogen-bond acceptors (Lipinski definition) is 3. The summed E-state index contributed by atoms with van der Waals surface area (Å²) in [5.74, 6) is 1.01. The molecule has 0 amide bonds. The largest absolute Gasteiger partial charge is 0.459 e. The van der Waals surface area contributed by atoms with Crippen molar-refractivity contribution in [3.8, 4) is 0 Å². The van der Waals surface area contributed by atoms with Crippen LogP contribution in [0.4, 0.5) is 0 Å². The average Bonchev–Trinajstić information content (AvgIpc) is 1.95. The maximum absolute atomic E-state index is 11.8. The maximum atomic E-state index is 11.8. The van der Waals surface area contributed by atoms with E-state index in [4.69, 9.17) is 4.74 Å². The van der Waals surface area contributed by atoms with E-state index in [1.165, 1.54) is 0 Å². The third-order valence-corrected chi connectivity index (χ3v) is 2.02. The summed E-state index contributed by atoms with van der Waals surface area (Å²) in [7, 11) is 0. The van der Waals surface area contributed by atoms with Crippen LogP contribution in [0.25, 0.3) is 0 Å². The van der Waals surface area contributed by atoms with E-state index in [-0.39, 0.29) is 5.97 Å². The number of esters is 1. The molecule has 0 atom stereocenters. The van der Waals surface area contributed by atoms with E-state index >= 15 is 0 Å². The van der Waals surface area contributed by atoms with Crippen LogP contribution < -0.4 is 0 Å². The van der Waals surface area contributed by atoms with Crippen LogP contribution in [0.2, 0.25) is 0 Å². The summed E-state index contributed by atoms with van der Waals surface area (Å²) in [6.45, 7) is 16.7. The van der Waals surface area contributed by atoms with Gasteiger partial charge >= 0.3 is 5.97 Å². The molecule has 0 fully saturated rings. The first kappa shape index (κ1) is 16.4. The molecule has 0 N–H and O–H groups in total. The van der Waals surface area contributed by atoms with Gasteiger partial charge in [-0.15, -0.1) is 0 Å². The predicted octanol–water partition coefficient (Wildman–Crippen LogP) is 2.94. The van der Waals surface area contributed by atoms with Gasteiger partial charge in [-0.3, -0.25) is 9.69 Å². The Morgan fingerprint density at radius 3 is 1.76 bits per heavy atom. The van der Waals surface area contributed by atoms with E-state index in [9.17, 15) is 4.79 Å². The summed E-state index contributed by atoms with van der Waals surface area (Å²) in [5, 5.41) is 0. The minimum Gasteiger partial charge on any atom is -0.459 e. The highest BCUT2D eigenvalue weighted by Crippen LogP contribution is 2.09. The number of rotatable bonds is 6. The van der Waals surface area contributed by atoms with E-state index in [2.05, 4.69) is 32.6 Å². The van der Waals surface area contributed by atoms with E-state index in [0.29, 0.717) is 18.4 Å². The fourth-order valence-electron chi connectivity index (χ4n) is 1.79. The minimum absolute atomic E-state index is 0.126. The highest BCUT2D eigenvalue weighted by Gasteiger charge is 2.19. The Bertz CT molecular complexity index is 219. The Balaban J connectivity index is 4.27. The fraction of sp³-hybridized carbons (Fsp3) is 0.929. The van der Waals surface area contributed by atoms with E-state index < -0.39 is 5.60 Å². The van der Waals surface area contributed by atoms with Crippen LogP contribution in [-0.2, 0) is 9.53 Å². The minimum atomic E-state index is -0.390. The zero-order valence-corrected chi connectivity index (χ0v) is 12.5. The molecule has 0 saturated heterocycles. The van der Waals surface area contributed by atoms with Gasteiger partial charge in [-0.2, -0.15) is 0 Å². The highest BCUT2D eigenvalue weighted by atomic mass is 16.6.